The molecular weight excluding hydrogens is 344 g/mol. The molecular formula is C15H14BrF2NS. The number of nitrogens with two attached hydrogens (primary N) is 1. The van der Waals surface area contributed by atoms with Crippen molar-refractivity contribution in [1.29, 1.82) is 0 Å². The fourth-order valence-corrected chi connectivity index (χ4v) is 3.37. The van der Waals surface area contributed by atoms with Crippen LogP contribution >= 0.6 is 27.7 Å². The summed E-state index contributed by atoms with van der Waals surface area (Å²) in [7, 11) is 0. The molecule has 20 heavy (non-hydrogen) atoms. The zero-order valence-corrected chi connectivity index (χ0v) is 13.1. The highest BCUT2D eigenvalue weighted by molar-refractivity contribution is 9.10. The topological polar surface area (TPSA) is 26.0 Å². The Morgan fingerprint density at radius 2 is 1.75 bits per heavy atom. The van der Waals surface area contributed by atoms with Gasteiger partial charge in [0.1, 0.15) is 11.6 Å². The second kappa shape index (κ2) is 7.20. The number of thioether (sulfide) groups is 1. The normalized spacial score (nSPS) is 12.4. The minimum absolute atomic E-state index is 0.159. The molecule has 0 fully saturated rings. The van der Waals surface area contributed by atoms with Gasteiger partial charge in [-0.2, -0.15) is 0 Å². The molecule has 0 aliphatic rings. The predicted octanol–water partition coefficient (Wildman–Crippen LogP) is 4.39. The van der Waals surface area contributed by atoms with Crippen molar-refractivity contribution in [3.05, 3.63) is 64.1 Å². The van der Waals surface area contributed by atoms with E-state index in [0.29, 0.717) is 17.7 Å². The molecule has 1 nitrogen and oxygen atoms in total. The maximum Gasteiger partial charge on any atom is 0.126 e. The molecule has 0 amide bonds. The summed E-state index contributed by atoms with van der Waals surface area (Å²) in [5.74, 6) is -0.447. The van der Waals surface area contributed by atoms with E-state index in [9.17, 15) is 8.78 Å². The Hall–Kier alpha value is -0.910. The van der Waals surface area contributed by atoms with E-state index in [2.05, 4.69) is 15.9 Å². The van der Waals surface area contributed by atoms with Crippen molar-refractivity contribution in [2.45, 2.75) is 17.4 Å². The molecule has 0 aliphatic heterocycles. The van der Waals surface area contributed by atoms with Gasteiger partial charge >= 0.3 is 0 Å². The molecule has 0 radical (unpaired) electrons. The first-order chi connectivity index (χ1) is 9.54. The van der Waals surface area contributed by atoms with Crippen molar-refractivity contribution in [2.24, 2.45) is 5.73 Å². The molecule has 2 aromatic rings. The van der Waals surface area contributed by atoms with E-state index in [1.54, 1.807) is 11.8 Å². The van der Waals surface area contributed by atoms with E-state index in [1.807, 2.05) is 24.3 Å². The summed E-state index contributed by atoms with van der Waals surface area (Å²) in [6.07, 6.45) is 0.451. The highest BCUT2D eigenvalue weighted by atomic mass is 79.9. The van der Waals surface area contributed by atoms with Crippen molar-refractivity contribution in [1.82, 2.24) is 0 Å². The van der Waals surface area contributed by atoms with E-state index in [0.717, 1.165) is 15.4 Å². The summed E-state index contributed by atoms with van der Waals surface area (Å²) < 4.78 is 27.2. The third kappa shape index (κ3) is 4.58. The Morgan fingerprint density at radius 1 is 1.10 bits per heavy atom. The summed E-state index contributed by atoms with van der Waals surface area (Å²) >= 11 is 5.09. The summed E-state index contributed by atoms with van der Waals surface area (Å²) in [5.41, 5.74) is 6.61. The maximum absolute atomic E-state index is 13.1. The Kier molecular flexibility index (Phi) is 5.57. The van der Waals surface area contributed by atoms with Crippen LogP contribution in [0.5, 0.6) is 0 Å². The molecule has 0 spiro atoms. The predicted molar refractivity (Wildman–Crippen MR) is 82.9 cm³/mol. The minimum Gasteiger partial charge on any atom is -0.327 e. The third-order valence-corrected chi connectivity index (χ3v) is 4.93. The lowest BCUT2D eigenvalue weighted by Crippen LogP contribution is -2.25. The molecule has 5 heteroatoms. The highest BCUT2D eigenvalue weighted by Gasteiger charge is 2.09. The smallest absolute Gasteiger partial charge is 0.126 e. The van der Waals surface area contributed by atoms with Gasteiger partial charge in [-0.3, -0.25) is 0 Å². The summed E-state index contributed by atoms with van der Waals surface area (Å²) in [6.45, 7) is 0. The van der Waals surface area contributed by atoms with Crippen LogP contribution in [0.4, 0.5) is 8.78 Å². The van der Waals surface area contributed by atoms with Gasteiger partial charge in [0, 0.05) is 27.2 Å². The van der Waals surface area contributed by atoms with Gasteiger partial charge in [0.2, 0.25) is 0 Å². The van der Waals surface area contributed by atoms with Crippen LogP contribution in [0.25, 0.3) is 0 Å². The van der Waals surface area contributed by atoms with Crippen LogP contribution in [0.3, 0.4) is 0 Å². The lowest BCUT2D eigenvalue weighted by Gasteiger charge is -2.12. The lowest BCUT2D eigenvalue weighted by molar-refractivity contribution is 0.577. The molecule has 1 unspecified atom stereocenters. The van der Waals surface area contributed by atoms with Crippen molar-refractivity contribution in [3.63, 3.8) is 0 Å². The molecule has 0 saturated heterocycles. The Balaban J connectivity index is 1.92. The summed E-state index contributed by atoms with van der Waals surface area (Å²) in [4.78, 5) is 1.10. The molecule has 2 aromatic carbocycles. The SMILES string of the molecule is NC(CSc1ccccc1Br)Cc1cc(F)cc(F)c1. The van der Waals surface area contributed by atoms with Crippen molar-refractivity contribution in [2.75, 3.05) is 5.75 Å². The first kappa shape index (κ1) is 15.5. The molecule has 1 atom stereocenters. The Labute approximate surface area is 129 Å². The number of hydrogen-bond acceptors (Lipinski definition) is 2. The van der Waals surface area contributed by atoms with Gasteiger partial charge in [-0.05, 0) is 52.2 Å². The number of benzene rings is 2. The van der Waals surface area contributed by atoms with Crippen LogP contribution in [-0.2, 0) is 6.42 Å². The van der Waals surface area contributed by atoms with Gasteiger partial charge in [-0.25, -0.2) is 8.78 Å². The second-order valence-corrected chi connectivity index (χ2v) is 6.40. The molecule has 106 valence electrons. The van der Waals surface area contributed by atoms with Gasteiger partial charge < -0.3 is 5.73 Å². The van der Waals surface area contributed by atoms with E-state index in [4.69, 9.17) is 5.73 Å². The van der Waals surface area contributed by atoms with Crippen molar-refractivity contribution in [3.8, 4) is 0 Å². The van der Waals surface area contributed by atoms with E-state index >= 15 is 0 Å². The Bertz CT molecular complexity index is 572. The maximum atomic E-state index is 13.1. The summed E-state index contributed by atoms with van der Waals surface area (Å²) in [6, 6.07) is 11.2. The first-order valence-electron chi connectivity index (χ1n) is 6.12. The van der Waals surface area contributed by atoms with Crippen LogP contribution in [0.2, 0.25) is 0 Å². The van der Waals surface area contributed by atoms with Crippen LogP contribution in [-0.4, -0.2) is 11.8 Å². The average molecular weight is 358 g/mol. The van der Waals surface area contributed by atoms with Crippen LogP contribution in [0.15, 0.2) is 51.8 Å². The summed E-state index contributed by atoms with van der Waals surface area (Å²) in [5, 5.41) is 0. The second-order valence-electron chi connectivity index (χ2n) is 4.48. The van der Waals surface area contributed by atoms with E-state index in [-0.39, 0.29) is 6.04 Å². The van der Waals surface area contributed by atoms with Crippen molar-refractivity contribution >= 4 is 27.7 Å². The van der Waals surface area contributed by atoms with Gasteiger partial charge in [0.25, 0.3) is 0 Å². The largest absolute Gasteiger partial charge is 0.327 e. The fraction of sp³-hybridized carbons (Fsp3) is 0.200. The van der Waals surface area contributed by atoms with Crippen LogP contribution in [0.1, 0.15) is 5.56 Å². The Morgan fingerprint density at radius 3 is 2.40 bits per heavy atom. The minimum atomic E-state index is -0.564. The van der Waals surface area contributed by atoms with E-state index < -0.39 is 11.6 Å². The van der Waals surface area contributed by atoms with Gasteiger partial charge in [-0.1, -0.05) is 12.1 Å². The van der Waals surface area contributed by atoms with Gasteiger partial charge in [0.15, 0.2) is 0 Å². The zero-order chi connectivity index (χ0) is 14.5. The van der Waals surface area contributed by atoms with Gasteiger partial charge in [0.05, 0.1) is 0 Å². The fourth-order valence-electron chi connectivity index (χ4n) is 1.85. The molecule has 0 saturated carbocycles. The zero-order valence-electron chi connectivity index (χ0n) is 10.7. The average Bonchev–Trinajstić information content (AvgIpc) is 2.36. The first-order valence-corrected chi connectivity index (χ1v) is 7.90. The van der Waals surface area contributed by atoms with Gasteiger partial charge in [-0.15, -0.1) is 11.8 Å². The molecule has 2 rings (SSSR count). The van der Waals surface area contributed by atoms with Crippen LogP contribution < -0.4 is 5.73 Å². The number of hydrogen-bond donors (Lipinski definition) is 1. The highest BCUT2D eigenvalue weighted by Crippen LogP contribution is 2.27. The van der Waals surface area contributed by atoms with E-state index in [1.165, 1.54) is 12.1 Å². The molecule has 2 N–H and O–H groups in total. The standard InChI is InChI=1S/C15H14BrF2NS/c16-14-3-1-2-4-15(14)20-9-13(19)7-10-5-11(17)8-12(18)6-10/h1-6,8,13H,7,9,19H2. The molecule has 0 aliphatic carbocycles. The number of rotatable bonds is 5. The molecule has 0 aromatic heterocycles. The number of halogens is 3. The van der Waals surface area contributed by atoms with Crippen molar-refractivity contribution < 1.29 is 8.78 Å². The quantitative estimate of drug-likeness (QED) is 0.803. The third-order valence-electron chi connectivity index (χ3n) is 2.71. The lowest BCUT2D eigenvalue weighted by atomic mass is 10.1. The molecule has 0 bridgehead atoms. The molecule has 0 heterocycles. The monoisotopic (exact) mass is 357 g/mol. The van der Waals surface area contributed by atoms with Crippen LogP contribution in [0, 0.1) is 11.6 Å².